The summed E-state index contributed by atoms with van der Waals surface area (Å²) in [5.74, 6) is -0.840. The maximum Gasteiger partial charge on any atom is 0.336 e. The molecule has 4 aliphatic rings. The van der Waals surface area contributed by atoms with Crippen LogP contribution in [0.3, 0.4) is 0 Å². The molecule has 0 spiro atoms. The number of nitrogens with zero attached hydrogens (tertiary/aromatic N) is 2. The number of hydrogen-bond acceptors (Lipinski definition) is 6. The lowest BCUT2D eigenvalue weighted by molar-refractivity contribution is -0.401. The molecule has 0 saturated heterocycles. The molecule has 0 unspecified atom stereocenters. The summed E-state index contributed by atoms with van der Waals surface area (Å²) in [5.41, 5.74) is 11.9. The first-order valence-electron chi connectivity index (χ1n) is 21.0. The number of carbonyl (C=O) groups is 1. The smallest absolute Gasteiger partial charge is 0.336 e. The number of rotatable bonds is 9. The van der Waals surface area contributed by atoms with Crippen LogP contribution in [-0.2, 0) is 23.7 Å². The number of likely N-dealkylation sites (N-methyl/N-ethyl adjacent to an activating group) is 1. The molecule has 0 saturated carbocycles. The molecule has 3 aliphatic heterocycles. The summed E-state index contributed by atoms with van der Waals surface area (Å²) >= 11 is 5.87. The fourth-order valence-corrected chi connectivity index (χ4v) is 9.35. The highest BCUT2D eigenvalue weighted by Crippen LogP contribution is 2.48. The Morgan fingerprint density at radius 2 is 1.59 bits per heavy atom. The standard InChI is InChI=1S/C50H47N3O5S.C2H6/c1-8-29-13-21-40-38(23-29)49(3,4)44(52(40)7)11-10-12-45-50(5,6)39-24-30(14-22-41(39)53(45)9-2)25-46(59)51-31-15-18-34(37(26-31)48(56)57)47-35-19-16-32(54)27-42(35)58-43-28-33(55)17-20-36(43)47;1-2/h10-24,26-28H,8-9,25H2,1-7H3,(H2-,51,54,55,56,57,59);1-2H3/p+1. The van der Waals surface area contributed by atoms with Gasteiger partial charge >= 0.3 is 5.97 Å². The van der Waals surface area contributed by atoms with E-state index in [1.807, 2.05) is 13.8 Å². The van der Waals surface area contributed by atoms with Crippen LogP contribution in [0.1, 0.15) is 88.0 Å². The van der Waals surface area contributed by atoms with E-state index in [1.165, 1.54) is 63.7 Å². The zero-order valence-corrected chi connectivity index (χ0v) is 37.3. The van der Waals surface area contributed by atoms with Gasteiger partial charge in [-0.3, -0.25) is 4.79 Å². The van der Waals surface area contributed by atoms with Gasteiger partial charge in [0.2, 0.25) is 5.69 Å². The van der Waals surface area contributed by atoms with Crippen molar-refractivity contribution in [1.82, 2.24) is 0 Å². The summed E-state index contributed by atoms with van der Waals surface area (Å²) in [6.45, 7) is 18.4. The zero-order chi connectivity index (χ0) is 44.0. The second kappa shape index (κ2) is 16.6. The van der Waals surface area contributed by atoms with Gasteiger partial charge in [0.05, 0.1) is 16.0 Å². The van der Waals surface area contributed by atoms with Crippen molar-refractivity contribution in [3.05, 3.63) is 153 Å². The van der Waals surface area contributed by atoms with Gasteiger partial charge in [0.15, 0.2) is 11.1 Å². The summed E-state index contributed by atoms with van der Waals surface area (Å²) in [4.78, 5) is 28.0. The number of fused-ring (bicyclic) bond motifs is 4. The predicted molar refractivity (Wildman–Crippen MR) is 254 cm³/mol. The molecule has 1 aliphatic carbocycles. The van der Waals surface area contributed by atoms with E-state index < -0.39 is 5.97 Å². The number of phenolic OH excluding ortho intramolecular Hbond substituents is 1. The van der Waals surface area contributed by atoms with Crippen LogP contribution in [0.4, 0.5) is 17.1 Å². The molecule has 4 aromatic carbocycles. The van der Waals surface area contributed by atoms with Crippen molar-refractivity contribution < 1.29 is 24.0 Å². The fraction of sp³-hybridized carbons (Fsp3) is 0.269. The van der Waals surface area contributed by atoms with Crippen LogP contribution in [0.2, 0.25) is 0 Å². The maximum atomic E-state index is 12.8. The zero-order valence-electron chi connectivity index (χ0n) is 36.4. The normalized spacial score (nSPS) is 15.6. The van der Waals surface area contributed by atoms with E-state index in [2.05, 4.69) is 118 Å². The average molecular weight is 833 g/mol. The van der Waals surface area contributed by atoms with Crippen LogP contribution in [0, 0.1) is 0 Å². The topological polar surface area (TPSA) is 106 Å². The summed E-state index contributed by atoms with van der Waals surface area (Å²) in [6.07, 6.45) is 8.20. The van der Waals surface area contributed by atoms with Crippen molar-refractivity contribution in [2.75, 3.05) is 23.8 Å². The van der Waals surface area contributed by atoms with E-state index in [9.17, 15) is 19.8 Å². The number of nitrogens with one attached hydrogen (secondary N) is 1. The maximum absolute atomic E-state index is 12.8. The summed E-state index contributed by atoms with van der Waals surface area (Å²) in [7, 11) is 2.16. The molecule has 61 heavy (non-hydrogen) atoms. The van der Waals surface area contributed by atoms with Gasteiger partial charge in [-0.2, -0.15) is 4.58 Å². The number of carboxylic acids is 1. The highest BCUT2D eigenvalue weighted by molar-refractivity contribution is 7.80. The van der Waals surface area contributed by atoms with Crippen LogP contribution in [-0.4, -0.2) is 45.1 Å². The molecule has 8 rings (SSSR count). The number of hydrogen-bond donors (Lipinski definition) is 3. The number of benzene rings is 5. The molecular formula is C52H54N3O5S+. The van der Waals surface area contributed by atoms with Crippen LogP contribution >= 0.6 is 12.2 Å². The highest BCUT2D eigenvalue weighted by atomic mass is 32.1. The number of anilines is 2. The van der Waals surface area contributed by atoms with Crippen molar-refractivity contribution in [3.63, 3.8) is 0 Å². The Kier molecular flexibility index (Phi) is 11.7. The van der Waals surface area contributed by atoms with Crippen molar-refractivity contribution >= 4 is 56.9 Å². The molecule has 3 heterocycles. The lowest BCUT2D eigenvalue weighted by atomic mass is 9.80. The van der Waals surface area contributed by atoms with E-state index in [1.54, 1.807) is 30.3 Å². The first-order valence-corrected chi connectivity index (χ1v) is 21.4. The molecule has 9 heteroatoms. The number of allylic oxidation sites excluding steroid dienone is 4. The Labute approximate surface area is 363 Å². The number of phenols is 1. The Morgan fingerprint density at radius 3 is 2.31 bits per heavy atom. The van der Waals surface area contributed by atoms with E-state index in [4.69, 9.17) is 16.6 Å². The van der Waals surface area contributed by atoms with Crippen molar-refractivity contribution in [2.45, 2.75) is 79.1 Å². The van der Waals surface area contributed by atoms with Gasteiger partial charge in [0.1, 0.15) is 24.1 Å². The van der Waals surface area contributed by atoms with Crippen LogP contribution in [0.15, 0.2) is 124 Å². The summed E-state index contributed by atoms with van der Waals surface area (Å²) < 4.78 is 8.29. The molecule has 4 aromatic rings. The summed E-state index contributed by atoms with van der Waals surface area (Å²) in [5, 5.41) is 24.5. The Hall–Kier alpha value is -6.32. The van der Waals surface area contributed by atoms with E-state index >= 15 is 0 Å². The third kappa shape index (κ3) is 7.67. The Morgan fingerprint density at radius 1 is 0.869 bits per heavy atom. The van der Waals surface area contributed by atoms with Gasteiger partial charge in [-0.05, 0) is 104 Å². The van der Waals surface area contributed by atoms with Gasteiger partial charge in [-0.15, -0.1) is 0 Å². The number of aromatic hydroxyl groups is 1. The van der Waals surface area contributed by atoms with Crippen LogP contribution in [0.5, 0.6) is 5.75 Å². The average Bonchev–Trinajstić information content (AvgIpc) is 3.56. The Balaban J connectivity index is 0.00000277. The molecule has 0 radical (unpaired) electrons. The van der Waals surface area contributed by atoms with Crippen LogP contribution in [0.25, 0.3) is 33.4 Å². The molecule has 0 atom stereocenters. The number of aromatic carboxylic acids is 1. The SMILES string of the molecule is CC.CCc1ccc2c(c1)C(C)(C)C(C=CC=C1N(CC)c3ccc(CC(=S)Nc4ccc(-c5c6ccc(=O)cc-6oc6cc(O)ccc56)c(C(=O)O)c4)cc3C1(C)C)=[N+]2C. The minimum absolute atomic E-state index is 0.0107. The molecule has 0 bridgehead atoms. The third-order valence-electron chi connectivity index (χ3n) is 12.1. The lowest BCUT2D eigenvalue weighted by Crippen LogP contribution is -2.27. The third-order valence-corrected chi connectivity index (χ3v) is 12.4. The molecule has 0 aromatic heterocycles. The molecule has 3 N–H and O–H groups in total. The largest absolute Gasteiger partial charge is 0.508 e. The van der Waals surface area contributed by atoms with Crippen molar-refractivity contribution in [1.29, 1.82) is 0 Å². The first kappa shape index (κ1) is 42.8. The molecular weight excluding hydrogens is 779 g/mol. The number of carboxylic acid groups (broad SMARTS) is 1. The van der Waals surface area contributed by atoms with Gasteiger partial charge in [0, 0.05) is 81.8 Å². The van der Waals surface area contributed by atoms with Gasteiger partial charge in [-0.25, -0.2) is 4.79 Å². The summed E-state index contributed by atoms with van der Waals surface area (Å²) in [6, 6.07) is 27.6. The highest BCUT2D eigenvalue weighted by Gasteiger charge is 2.43. The second-order valence-electron chi connectivity index (χ2n) is 16.5. The van der Waals surface area contributed by atoms with E-state index in [0.717, 1.165) is 18.5 Å². The quantitative estimate of drug-likeness (QED) is 0.0751. The van der Waals surface area contributed by atoms with E-state index in [0.29, 0.717) is 50.5 Å². The van der Waals surface area contributed by atoms with Crippen molar-refractivity contribution in [2.24, 2.45) is 0 Å². The Bertz CT molecular complexity index is 2860. The molecule has 8 nitrogen and oxygen atoms in total. The molecule has 312 valence electrons. The van der Waals surface area contributed by atoms with Gasteiger partial charge < -0.3 is 24.8 Å². The minimum Gasteiger partial charge on any atom is -0.508 e. The lowest BCUT2D eigenvalue weighted by Gasteiger charge is -2.25. The van der Waals surface area contributed by atoms with Gasteiger partial charge in [-0.1, -0.05) is 77.2 Å². The monoisotopic (exact) mass is 832 g/mol. The van der Waals surface area contributed by atoms with E-state index in [-0.39, 0.29) is 27.6 Å². The predicted octanol–water partition coefficient (Wildman–Crippen LogP) is 11.8. The molecule has 0 amide bonds. The van der Waals surface area contributed by atoms with Crippen molar-refractivity contribution in [3.8, 4) is 28.2 Å². The number of thiocarbonyl (C=S) groups is 1. The fourth-order valence-electron chi connectivity index (χ4n) is 9.06. The van der Waals surface area contributed by atoms with Gasteiger partial charge in [0.25, 0.3) is 0 Å². The molecule has 0 fully saturated rings. The minimum atomic E-state index is -1.12. The number of aryl methyl sites for hydroxylation is 1. The van der Waals surface area contributed by atoms with Crippen LogP contribution < -0.4 is 15.6 Å². The first-order chi connectivity index (χ1) is 29.1. The second-order valence-corrected chi connectivity index (χ2v) is 17.0.